The summed E-state index contributed by atoms with van der Waals surface area (Å²) >= 11 is 0. The number of ether oxygens (including phenoxy) is 2. The van der Waals surface area contributed by atoms with E-state index < -0.39 is 17.3 Å². The Morgan fingerprint density at radius 1 is 1.11 bits per heavy atom. The number of piperidine rings is 1. The third-order valence-electron chi connectivity index (χ3n) is 5.98. The Bertz CT molecular complexity index is 1220. The van der Waals surface area contributed by atoms with Crippen LogP contribution in [0.15, 0.2) is 36.7 Å². The molecule has 35 heavy (non-hydrogen) atoms. The van der Waals surface area contributed by atoms with Crippen molar-refractivity contribution in [1.29, 1.82) is 5.26 Å². The Morgan fingerprint density at radius 3 is 2.63 bits per heavy atom. The molecule has 1 aliphatic rings. The Morgan fingerprint density at radius 2 is 1.91 bits per heavy atom. The molecule has 2 aromatic carbocycles. The van der Waals surface area contributed by atoms with E-state index in [9.17, 15) is 18.4 Å². The number of rotatable bonds is 8. The summed E-state index contributed by atoms with van der Waals surface area (Å²) in [7, 11) is 1.51. The van der Waals surface area contributed by atoms with Crippen molar-refractivity contribution < 1.29 is 22.6 Å². The second-order valence-electron chi connectivity index (χ2n) is 8.31. The highest BCUT2D eigenvalue weighted by Gasteiger charge is 2.34. The van der Waals surface area contributed by atoms with Crippen LogP contribution < -0.4 is 14.8 Å². The van der Waals surface area contributed by atoms with E-state index in [-0.39, 0.29) is 11.5 Å². The van der Waals surface area contributed by atoms with Crippen LogP contribution in [0.25, 0.3) is 10.9 Å². The summed E-state index contributed by atoms with van der Waals surface area (Å²) in [5, 5.41) is 12.8. The molecule has 184 valence electrons. The van der Waals surface area contributed by atoms with Gasteiger partial charge in [0.2, 0.25) is 0 Å². The van der Waals surface area contributed by atoms with Crippen molar-refractivity contribution in [2.45, 2.75) is 31.9 Å². The van der Waals surface area contributed by atoms with Gasteiger partial charge in [0, 0.05) is 18.0 Å². The fraction of sp³-hybridized carbons (Fsp3) is 0.400. The van der Waals surface area contributed by atoms with Crippen molar-refractivity contribution in [2.75, 3.05) is 38.7 Å². The summed E-state index contributed by atoms with van der Waals surface area (Å²) in [6.07, 6.45) is 1.31. The number of hydrogen-bond donors (Lipinski definition) is 1. The molecule has 3 aromatic rings. The Hall–Kier alpha value is -3.58. The predicted octanol–water partition coefficient (Wildman–Crippen LogP) is 5.53. The molecule has 10 heteroatoms. The third-order valence-corrected chi connectivity index (χ3v) is 5.98. The summed E-state index contributed by atoms with van der Waals surface area (Å²) in [5.74, 6) is 1.23. The number of nitriles is 1. The predicted molar refractivity (Wildman–Crippen MR) is 126 cm³/mol. The maximum absolute atomic E-state index is 13.3. The molecule has 0 radical (unpaired) electrons. The average molecular weight is 486 g/mol. The van der Waals surface area contributed by atoms with Crippen molar-refractivity contribution in [3.63, 3.8) is 0 Å². The molecule has 1 saturated heterocycles. The zero-order chi connectivity index (χ0) is 24.8. The number of halogens is 3. The fourth-order valence-corrected chi connectivity index (χ4v) is 4.23. The average Bonchev–Trinajstić information content (AvgIpc) is 2.86. The Labute approximate surface area is 201 Å². The fourth-order valence-electron chi connectivity index (χ4n) is 4.23. The lowest BCUT2D eigenvalue weighted by molar-refractivity contribution is -0.137. The maximum Gasteiger partial charge on any atom is 0.417 e. The van der Waals surface area contributed by atoms with Crippen LogP contribution in [0.1, 0.15) is 36.8 Å². The van der Waals surface area contributed by atoms with Crippen molar-refractivity contribution in [2.24, 2.45) is 0 Å². The third kappa shape index (κ3) is 5.74. The lowest BCUT2D eigenvalue weighted by Gasteiger charge is -2.26. The van der Waals surface area contributed by atoms with Gasteiger partial charge in [-0.05, 0) is 50.6 Å². The first-order valence-corrected chi connectivity index (χ1v) is 11.5. The van der Waals surface area contributed by atoms with Gasteiger partial charge in [-0.15, -0.1) is 0 Å². The van der Waals surface area contributed by atoms with Crippen LogP contribution in [-0.2, 0) is 6.18 Å². The lowest BCUT2D eigenvalue weighted by atomic mass is 10.1. The number of nitrogens with zero attached hydrogens (tertiary/aromatic N) is 4. The molecule has 0 saturated carbocycles. The number of aromatic nitrogens is 2. The molecule has 0 aliphatic carbocycles. The van der Waals surface area contributed by atoms with Crippen molar-refractivity contribution in [3.05, 3.63) is 47.8 Å². The van der Waals surface area contributed by atoms with E-state index >= 15 is 0 Å². The molecule has 1 aromatic heterocycles. The molecule has 7 nitrogen and oxygen atoms in total. The van der Waals surface area contributed by atoms with E-state index in [1.807, 2.05) is 0 Å². The van der Waals surface area contributed by atoms with E-state index in [4.69, 9.17) is 9.47 Å². The van der Waals surface area contributed by atoms with Crippen molar-refractivity contribution in [3.8, 4) is 17.6 Å². The van der Waals surface area contributed by atoms with Gasteiger partial charge in [-0.1, -0.05) is 12.5 Å². The topological polar surface area (TPSA) is 83.3 Å². The van der Waals surface area contributed by atoms with Gasteiger partial charge in [0.15, 0.2) is 11.5 Å². The van der Waals surface area contributed by atoms with Crippen molar-refractivity contribution >= 4 is 22.4 Å². The Balaban J connectivity index is 1.56. The van der Waals surface area contributed by atoms with Gasteiger partial charge >= 0.3 is 6.18 Å². The molecule has 1 N–H and O–H groups in total. The normalized spacial score (nSPS) is 14.5. The number of likely N-dealkylation sites (tertiary alicyclic amines) is 1. The van der Waals surface area contributed by atoms with Crippen LogP contribution in [0, 0.1) is 11.3 Å². The van der Waals surface area contributed by atoms with Gasteiger partial charge in [0.05, 0.1) is 36.0 Å². The summed E-state index contributed by atoms with van der Waals surface area (Å²) < 4.78 is 51.5. The molecular formula is C25H26F3N5O2. The molecule has 2 heterocycles. The van der Waals surface area contributed by atoms with E-state index in [1.54, 1.807) is 18.2 Å². The standard InChI is InChI=1S/C25H26F3N5O2/c1-34-22-13-17-21(14-23(22)35-12-6-11-33-9-3-2-4-10-33)30-16-31-24(17)32-20-8-5-7-19(18(20)15-29)25(26,27)28/h5,7-8,13-14,16H,2-4,6,9-12H2,1H3,(H,30,31,32). The SMILES string of the molecule is COc1cc2c(Nc3cccc(C(F)(F)F)c3C#N)ncnc2cc1OCCCN1CCCCC1. The minimum absolute atomic E-state index is 0.000619. The number of nitrogens with one attached hydrogen (secondary N) is 1. The highest BCUT2D eigenvalue weighted by atomic mass is 19.4. The number of alkyl halides is 3. The van der Waals surface area contributed by atoms with Crippen LogP contribution in [0.4, 0.5) is 24.7 Å². The van der Waals surface area contributed by atoms with E-state index in [2.05, 4.69) is 20.2 Å². The summed E-state index contributed by atoms with van der Waals surface area (Å²) in [6, 6.07) is 8.57. The first kappa shape index (κ1) is 24.5. The molecule has 0 spiro atoms. The summed E-state index contributed by atoms with van der Waals surface area (Å²) in [5.41, 5.74) is -0.993. The lowest BCUT2D eigenvalue weighted by Crippen LogP contribution is -2.31. The largest absolute Gasteiger partial charge is 0.493 e. The molecule has 0 amide bonds. The minimum Gasteiger partial charge on any atom is -0.493 e. The number of anilines is 2. The minimum atomic E-state index is -4.65. The molecule has 0 atom stereocenters. The maximum atomic E-state index is 13.3. The molecule has 0 bridgehead atoms. The quantitative estimate of drug-likeness (QED) is 0.420. The smallest absolute Gasteiger partial charge is 0.417 e. The van der Waals surface area contributed by atoms with Gasteiger partial charge in [0.1, 0.15) is 18.2 Å². The second-order valence-corrected chi connectivity index (χ2v) is 8.31. The van der Waals surface area contributed by atoms with Crippen LogP contribution in [0.5, 0.6) is 11.5 Å². The van der Waals surface area contributed by atoms with Crippen LogP contribution in [0.3, 0.4) is 0 Å². The second kappa shape index (κ2) is 10.8. The summed E-state index contributed by atoms with van der Waals surface area (Å²) in [4.78, 5) is 10.9. The van der Waals surface area contributed by atoms with E-state index in [1.165, 1.54) is 44.8 Å². The number of hydrogen-bond acceptors (Lipinski definition) is 7. The zero-order valence-electron chi connectivity index (χ0n) is 19.4. The van der Waals surface area contributed by atoms with Crippen LogP contribution >= 0.6 is 0 Å². The van der Waals surface area contributed by atoms with E-state index in [0.717, 1.165) is 32.1 Å². The summed E-state index contributed by atoms with van der Waals surface area (Å²) in [6.45, 7) is 3.76. The first-order valence-electron chi connectivity index (χ1n) is 11.5. The van der Waals surface area contributed by atoms with Crippen molar-refractivity contribution in [1.82, 2.24) is 14.9 Å². The molecule has 4 rings (SSSR count). The molecule has 1 aliphatic heterocycles. The van der Waals surface area contributed by atoms with Gasteiger partial charge in [0.25, 0.3) is 0 Å². The molecular weight excluding hydrogens is 459 g/mol. The van der Waals surface area contributed by atoms with Gasteiger partial charge < -0.3 is 19.7 Å². The van der Waals surface area contributed by atoms with Gasteiger partial charge in [-0.25, -0.2) is 9.97 Å². The van der Waals surface area contributed by atoms with Crippen LogP contribution in [-0.4, -0.2) is 48.2 Å². The van der Waals surface area contributed by atoms with Gasteiger partial charge in [-0.2, -0.15) is 18.4 Å². The number of fused-ring (bicyclic) bond motifs is 1. The Kier molecular flexibility index (Phi) is 7.56. The number of benzene rings is 2. The zero-order valence-corrected chi connectivity index (χ0v) is 19.4. The first-order chi connectivity index (χ1) is 16.9. The molecule has 1 fully saturated rings. The highest BCUT2D eigenvalue weighted by Crippen LogP contribution is 2.38. The van der Waals surface area contributed by atoms with Gasteiger partial charge in [-0.3, -0.25) is 0 Å². The number of methoxy groups -OCH3 is 1. The molecule has 0 unspecified atom stereocenters. The van der Waals surface area contributed by atoms with E-state index in [0.29, 0.717) is 29.0 Å². The van der Waals surface area contributed by atoms with Crippen LogP contribution in [0.2, 0.25) is 0 Å². The highest BCUT2D eigenvalue weighted by molar-refractivity contribution is 5.93. The monoisotopic (exact) mass is 485 g/mol.